The molecule has 43 heavy (non-hydrogen) atoms. The maximum absolute atomic E-state index is 9.56. The molecule has 0 aromatic rings. The fourth-order valence-corrected chi connectivity index (χ4v) is 5.67. The summed E-state index contributed by atoms with van der Waals surface area (Å²) in [4.78, 5) is 2.29. The van der Waals surface area contributed by atoms with Crippen LogP contribution in [0, 0.1) is 0 Å². The lowest BCUT2D eigenvalue weighted by atomic mass is 10.0. The van der Waals surface area contributed by atoms with Crippen molar-refractivity contribution in [2.75, 3.05) is 41.3 Å². The molecule has 0 saturated heterocycles. The molecule has 0 bridgehead atoms. The summed E-state index contributed by atoms with van der Waals surface area (Å²) < 4.78 is 0.123. The minimum atomic E-state index is 0.123. The highest BCUT2D eigenvalue weighted by Crippen LogP contribution is 2.15. The number of hydrogen-bond donors (Lipinski definition) is 3. The molecule has 0 fully saturated rings. The van der Waals surface area contributed by atoms with Crippen molar-refractivity contribution in [1.29, 1.82) is 0 Å². The Morgan fingerprint density at radius 1 is 0.372 bits per heavy atom. The van der Waals surface area contributed by atoms with Crippen molar-refractivity contribution in [1.82, 2.24) is 4.90 Å². The lowest BCUT2D eigenvalue weighted by Gasteiger charge is -2.18. The Balaban J connectivity index is -0.000000704. The molecule has 0 radical (unpaired) electrons. The molecule has 0 aliphatic rings. The molecule has 0 aromatic heterocycles. The van der Waals surface area contributed by atoms with Crippen molar-refractivity contribution >= 4 is 0 Å². The van der Waals surface area contributed by atoms with Gasteiger partial charge in [-0.15, -0.1) is 0 Å². The van der Waals surface area contributed by atoms with Crippen molar-refractivity contribution in [3.8, 4) is 0 Å². The summed E-state index contributed by atoms with van der Waals surface area (Å²) in [6.07, 6.45) is 42.8. The summed E-state index contributed by atoms with van der Waals surface area (Å²) in [6.45, 7) is 6.73. The van der Waals surface area contributed by atoms with Gasteiger partial charge >= 0.3 is 0 Å². The molecule has 5 heteroatoms. The fourth-order valence-electron chi connectivity index (χ4n) is 5.67. The van der Waals surface area contributed by atoms with Crippen LogP contribution in [-0.4, -0.2) is 66.5 Å². The number of nitrogens with zero attached hydrogens (tertiary/aromatic N) is 2. The molecule has 0 spiro atoms. The highest BCUT2D eigenvalue weighted by molar-refractivity contribution is 4.51. The molecular weight excluding hydrogens is 532 g/mol. The average molecular weight is 618 g/mol. The molecule has 0 rings (SSSR count). The molecule has 264 valence electrons. The first-order valence-corrected chi connectivity index (χ1v) is 19.2. The average Bonchev–Trinajstić information content (AvgIpc) is 2.98. The first-order chi connectivity index (χ1) is 20.8. The normalized spacial score (nSPS) is 11.3. The Morgan fingerprint density at radius 3 is 0.791 bits per heavy atom. The van der Waals surface area contributed by atoms with Gasteiger partial charge in [0.15, 0.2) is 0 Å². The highest BCUT2D eigenvalue weighted by atomic mass is 17.0. The van der Waals surface area contributed by atoms with Crippen molar-refractivity contribution in [3.63, 3.8) is 0 Å². The molecule has 0 saturated carbocycles. The highest BCUT2D eigenvalue weighted by Gasteiger charge is 2.08. The molecule has 0 aliphatic carbocycles. The third-order valence-electron chi connectivity index (χ3n) is 8.52. The van der Waals surface area contributed by atoms with Gasteiger partial charge in [0, 0.05) is 0 Å². The molecule has 0 aliphatic heterocycles. The van der Waals surface area contributed by atoms with Crippen LogP contribution in [0.5, 0.6) is 0 Å². The second-order valence-corrected chi connectivity index (χ2v) is 14.0. The van der Waals surface area contributed by atoms with Crippen molar-refractivity contribution in [2.24, 2.45) is 0 Å². The third-order valence-corrected chi connectivity index (χ3v) is 8.52. The van der Waals surface area contributed by atoms with Crippen molar-refractivity contribution < 1.29 is 20.4 Å². The summed E-state index contributed by atoms with van der Waals surface area (Å²) in [6, 6.07) is 0. The van der Waals surface area contributed by atoms with E-state index in [0.29, 0.717) is 0 Å². The predicted molar refractivity (Wildman–Crippen MR) is 192 cm³/mol. The summed E-state index contributed by atoms with van der Waals surface area (Å²) in [7, 11) is 8.04. The van der Waals surface area contributed by atoms with Crippen LogP contribution in [0.25, 0.3) is 0 Å². The standard InChI is InChI=1S/C19H42NO.C19H41N.H2O2/c1-4-5-6-7-8-9-10-11-12-13-14-15-16-17-18-19-20(2,3)21;1-4-5-6-7-8-9-10-11-12-13-14-15-16-17-18-19-20(2)3;1-2/h21H,4-19H2,1-3H3;4-19H2,1-3H3;1-2H/q+1;;. The molecule has 0 amide bonds. The zero-order chi connectivity index (χ0) is 32.7. The second kappa shape index (κ2) is 41.8. The predicted octanol–water partition coefficient (Wildman–Crippen LogP) is 12.8. The quantitative estimate of drug-likeness (QED) is 0.0304. The largest absolute Gasteiger partial charge is 0.309 e. The minimum Gasteiger partial charge on any atom is -0.309 e. The van der Waals surface area contributed by atoms with E-state index in [0.717, 1.165) is 13.0 Å². The van der Waals surface area contributed by atoms with Gasteiger partial charge in [0.25, 0.3) is 0 Å². The number of rotatable bonds is 32. The van der Waals surface area contributed by atoms with Crippen LogP contribution in [0.4, 0.5) is 0 Å². The lowest BCUT2D eigenvalue weighted by Crippen LogP contribution is -2.36. The van der Waals surface area contributed by atoms with Gasteiger partial charge in [-0.2, -0.15) is 4.65 Å². The van der Waals surface area contributed by atoms with Crippen LogP contribution in [-0.2, 0) is 0 Å². The van der Waals surface area contributed by atoms with E-state index in [1.54, 1.807) is 0 Å². The van der Waals surface area contributed by atoms with E-state index in [9.17, 15) is 5.21 Å². The van der Waals surface area contributed by atoms with Crippen LogP contribution in [0.1, 0.15) is 206 Å². The number of unbranched alkanes of at least 4 members (excludes halogenated alkanes) is 28. The van der Waals surface area contributed by atoms with Gasteiger partial charge in [-0.25, -0.2) is 5.21 Å². The maximum atomic E-state index is 9.56. The van der Waals surface area contributed by atoms with Gasteiger partial charge in [0.05, 0.1) is 14.1 Å². The van der Waals surface area contributed by atoms with Crippen LogP contribution in [0.15, 0.2) is 0 Å². The van der Waals surface area contributed by atoms with Crippen LogP contribution in [0.2, 0.25) is 0 Å². The van der Waals surface area contributed by atoms with Gasteiger partial charge in [-0.3, -0.25) is 10.5 Å². The van der Waals surface area contributed by atoms with Crippen LogP contribution < -0.4 is 0 Å². The molecule has 0 aromatic carbocycles. The number of quaternary nitrogens is 1. The Hall–Kier alpha value is -0.200. The third kappa shape index (κ3) is 54.7. The molecule has 3 N–H and O–H groups in total. The first-order valence-electron chi connectivity index (χ1n) is 19.2. The van der Waals surface area contributed by atoms with Crippen molar-refractivity contribution in [3.05, 3.63) is 0 Å². The van der Waals surface area contributed by atoms with Gasteiger partial charge in [-0.1, -0.05) is 187 Å². The summed E-state index contributed by atoms with van der Waals surface area (Å²) in [5.41, 5.74) is 0. The molecular formula is C38H85N2O3+. The molecule has 5 nitrogen and oxygen atoms in total. The van der Waals surface area contributed by atoms with E-state index < -0.39 is 0 Å². The van der Waals surface area contributed by atoms with E-state index in [1.165, 1.54) is 193 Å². The zero-order valence-electron chi connectivity index (χ0n) is 30.9. The number of hydroxylamine groups is 3. The van der Waals surface area contributed by atoms with E-state index in [4.69, 9.17) is 10.5 Å². The van der Waals surface area contributed by atoms with E-state index in [1.807, 2.05) is 14.1 Å². The summed E-state index contributed by atoms with van der Waals surface area (Å²) in [5.74, 6) is 0. The van der Waals surface area contributed by atoms with E-state index in [-0.39, 0.29) is 4.65 Å². The lowest BCUT2D eigenvalue weighted by molar-refractivity contribution is -1.07. The zero-order valence-corrected chi connectivity index (χ0v) is 30.9. The Bertz CT molecular complexity index is 455. The Morgan fingerprint density at radius 2 is 0.581 bits per heavy atom. The van der Waals surface area contributed by atoms with Crippen molar-refractivity contribution in [2.45, 2.75) is 206 Å². The van der Waals surface area contributed by atoms with Crippen LogP contribution in [0.3, 0.4) is 0 Å². The monoisotopic (exact) mass is 618 g/mol. The van der Waals surface area contributed by atoms with Gasteiger partial charge in [0.1, 0.15) is 6.54 Å². The Kier molecular flexibility index (Phi) is 45.9. The van der Waals surface area contributed by atoms with E-state index >= 15 is 0 Å². The molecule has 0 atom stereocenters. The SMILES string of the molecule is CCCCCCCCCCCCCCCCCN(C)C.CCCCCCCCCCCCCCCCC[N+](C)(C)O.OO. The second-order valence-electron chi connectivity index (χ2n) is 14.0. The molecule has 0 unspecified atom stereocenters. The summed E-state index contributed by atoms with van der Waals surface area (Å²) in [5, 5.41) is 21.6. The topological polar surface area (TPSA) is 63.9 Å². The first kappa shape index (κ1) is 47.2. The number of hydrogen-bond acceptors (Lipinski definition) is 4. The Labute approximate surface area is 272 Å². The van der Waals surface area contributed by atoms with E-state index in [2.05, 4.69) is 32.8 Å². The fraction of sp³-hybridized carbons (Fsp3) is 1.00. The van der Waals surface area contributed by atoms with Gasteiger partial charge in [-0.05, 0) is 39.9 Å². The maximum Gasteiger partial charge on any atom is 0.108 e. The van der Waals surface area contributed by atoms with Gasteiger partial charge in [0.2, 0.25) is 0 Å². The van der Waals surface area contributed by atoms with Gasteiger partial charge < -0.3 is 4.90 Å². The van der Waals surface area contributed by atoms with Crippen LogP contribution >= 0.6 is 0 Å². The minimum absolute atomic E-state index is 0.123. The summed E-state index contributed by atoms with van der Waals surface area (Å²) >= 11 is 0. The smallest absolute Gasteiger partial charge is 0.108 e. The molecule has 0 heterocycles.